The third kappa shape index (κ3) is 4.59. The maximum atomic E-state index is 12.4. The first-order valence-corrected chi connectivity index (χ1v) is 10.7. The van der Waals surface area contributed by atoms with E-state index in [2.05, 4.69) is 12.1 Å². The number of hydrogen-bond acceptors (Lipinski definition) is 4. The van der Waals surface area contributed by atoms with E-state index in [1.165, 1.54) is 19.8 Å². The molecule has 29 heavy (non-hydrogen) atoms. The summed E-state index contributed by atoms with van der Waals surface area (Å²) in [6, 6.07) is 7.85. The number of benzene rings is 2. The van der Waals surface area contributed by atoms with Crippen molar-refractivity contribution in [1.82, 2.24) is 0 Å². The van der Waals surface area contributed by atoms with Crippen LogP contribution in [0.3, 0.4) is 0 Å². The minimum absolute atomic E-state index is 0.394. The highest BCUT2D eigenvalue weighted by Gasteiger charge is 2.21. The summed E-state index contributed by atoms with van der Waals surface area (Å²) in [4.78, 5) is 24.8. The summed E-state index contributed by atoms with van der Waals surface area (Å²) in [7, 11) is 2.73. The van der Waals surface area contributed by atoms with E-state index >= 15 is 0 Å². The Morgan fingerprint density at radius 1 is 0.724 bits per heavy atom. The van der Waals surface area contributed by atoms with E-state index in [4.69, 9.17) is 32.7 Å². The van der Waals surface area contributed by atoms with Gasteiger partial charge >= 0.3 is 11.9 Å². The third-order valence-electron chi connectivity index (χ3n) is 5.51. The number of carbonyl (C=O) groups is 2. The lowest BCUT2D eigenvalue weighted by molar-refractivity contribution is 0.0584. The van der Waals surface area contributed by atoms with Crippen LogP contribution in [0.25, 0.3) is 0 Å². The molecule has 0 spiro atoms. The molecule has 4 bridgehead atoms. The van der Waals surface area contributed by atoms with Gasteiger partial charge in [0.15, 0.2) is 0 Å². The van der Waals surface area contributed by atoms with Crippen molar-refractivity contribution in [3.8, 4) is 0 Å². The predicted octanol–water partition coefficient (Wildman–Crippen LogP) is 5.01. The van der Waals surface area contributed by atoms with Gasteiger partial charge in [-0.2, -0.15) is 0 Å². The Bertz CT molecular complexity index is 937. The smallest absolute Gasteiger partial charge is 0.338 e. The van der Waals surface area contributed by atoms with Crippen LogP contribution in [0.2, 0.25) is 0 Å². The molecular formula is C23H24Cl2O4. The Kier molecular flexibility index (Phi) is 7.20. The molecule has 0 saturated carbocycles. The number of aryl methyl sites for hydroxylation is 4. The van der Waals surface area contributed by atoms with E-state index in [0.717, 1.165) is 40.7 Å². The molecule has 0 amide bonds. The van der Waals surface area contributed by atoms with Crippen LogP contribution in [-0.2, 0) is 46.9 Å². The summed E-state index contributed by atoms with van der Waals surface area (Å²) in [6.45, 7) is 0. The summed E-state index contributed by atoms with van der Waals surface area (Å²) in [5.41, 5.74) is 7.04. The van der Waals surface area contributed by atoms with Gasteiger partial charge in [-0.1, -0.05) is 12.1 Å². The molecule has 6 rings (SSSR count). The predicted molar refractivity (Wildman–Crippen MR) is 114 cm³/mol. The minimum Gasteiger partial charge on any atom is -0.465 e. The second kappa shape index (κ2) is 9.64. The van der Waals surface area contributed by atoms with Gasteiger partial charge < -0.3 is 9.47 Å². The van der Waals surface area contributed by atoms with Crippen molar-refractivity contribution in [3.05, 3.63) is 68.8 Å². The van der Waals surface area contributed by atoms with E-state index in [0.29, 0.717) is 42.1 Å². The molecule has 2 aromatic carbocycles. The fraction of sp³-hybridized carbons (Fsp3) is 0.391. The Morgan fingerprint density at radius 3 is 1.62 bits per heavy atom. The van der Waals surface area contributed by atoms with Crippen LogP contribution in [-0.4, -0.2) is 26.2 Å². The maximum absolute atomic E-state index is 12.4. The second-order valence-electron chi connectivity index (χ2n) is 7.16. The second-order valence-corrected chi connectivity index (χ2v) is 7.69. The molecule has 0 fully saturated rings. The van der Waals surface area contributed by atoms with E-state index in [-0.39, 0.29) is 0 Å². The van der Waals surface area contributed by atoms with Crippen molar-refractivity contribution in [3.63, 3.8) is 0 Å². The van der Waals surface area contributed by atoms with Crippen molar-refractivity contribution < 1.29 is 19.1 Å². The van der Waals surface area contributed by atoms with E-state index in [1.807, 2.05) is 0 Å². The SMILES string of the molecule is COC(=O)c1cc2c(C(=O)OC)cc1CCCc1cc(CCl)c(cc1CCl)CC2. The lowest BCUT2D eigenvalue weighted by Gasteiger charge is -2.15. The Morgan fingerprint density at radius 2 is 1.14 bits per heavy atom. The van der Waals surface area contributed by atoms with Gasteiger partial charge in [0.25, 0.3) is 0 Å². The molecule has 4 nitrogen and oxygen atoms in total. The van der Waals surface area contributed by atoms with Gasteiger partial charge in [-0.25, -0.2) is 9.59 Å². The molecular weight excluding hydrogens is 411 g/mol. The topological polar surface area (TPSA) is 52.6 Å². The zero-order valence-electron chi connectivity index (χ0n) is 16.6. The van der Waals surface area contributed by atoms with Crippen LogP contribution in [0, 0.1) is 0 Å². The molecule has 0 heterocycles. The molecule has 4 aliphatic carbocycles. The quantitative estimate of drug-likeness (QED) is 0.501. The monoisotopic (exact) mass is 434 g/mol. The van der Waals surface area contributed by atoms with E-state index in [1.54, 1.807) is 12.1 Å². The first-order chi connectivity index (χ1) is 14.0. The highest BCUT2D eigenvalue weighted by Crippen LogP contribution is 2.28. The standard InChI is InChI=1S/C23H24Cl2O4/c1-28-22(26)20-11-17-7-6-15-9-18(12-24)14(8-19(15)13-25)4-3-5-16(20)10-21(17)23(27)29-2/h8-11H,3-7,12-13H2,1-2H3. The molecule has 0 radical (unpaired) electrons. The zero-order valence-corrected chi connectivity index (χ0v) is 18.2. The Hall–Kier alpha value is -2.04. The van der Waals surface area contributed by atoms with Crippen LogP contribution < -0.4 is 0 Å². The first kappa shape index (κ1) is 21.7. The van der Waals surface area contributed by atoms with Crippen molar-refractivity contribution >= 4 is 35.1 Å². The van der Waals surface area contributed by atoms with Crippen molar-refractivity contribution in [2.75, 3.05) is 14.2 Å². The van der Waals surface area contributed by atoms with Crippen LogP contribution in [0.5, 0.6) is 0 Å². The number of halogens is 2. The van der Waals surface area contributed by atoms with Gasteiger partial charge in [-0.3, -0.25) is 0 Å². The Balaban J connectivity index is 2.16. The van der Waals surface area contributed by atoms with Gasteiger partial charge in [-0.15, -0.1) is 23.2 Å². The molecule has 6 heteroatoms. The third-order valence-corrected chi connectivity index (χ3v) is 6.08. The molecule has 0 N–H and O–H groups in total. The van der Waals surface area contributed by atoms with Crippen LogP contribution in [0.15, 0.2) is 24.3 Å². The molecule has 0 unspecified atom stereocenters. The summed E-state index contributed by atoms with van der Waals surface area (Å²) in [5.74, 6) is 0.0619. The normalized spacial score (nSPS) is 13.4. The van der Waals surface area contributed by atoms with E-state index < -0.39 is 11.9 Å². The number of alkyl halides is 2. The van der Waals surface area contributed by atoms with Gasteiger partial charge in [0.2, 0.25) is 0 Å². The molecule has 0 saturated heterocycles. The summed E-state index contributed by atoms with van der Waals surface area (Å²) in [6.07, 6.45) is 3.49. The number of hydrogen-bond donors (Lipinski definition) is 0. The average molecular weight is 435 g/mol. The first-order valence-electron chi connectivity index (χ1n) is 9.60. The van der Waals surface area contributed by atoms with Crippen molar-refractivity contribution in [1.29, 1.82) is 0 Å². The maximum Gasteiger partial charge on any atom is 0.338 e. The highest BCUT2D eigenvalue weighted by atomic mass is 35.5. The van der Waals surface area contributed by atoms with Crippen LogP contribution in [0.4, 0.5) is 0 Å². The molecule has 0 atom stereocenters. The van der Waals surface area contributed by atoms with Gasteiger partial charge in [0.05, 0.1) is 25.3 Å². The number of ether oxygens (including phenoxy) is 2. The zero-order chi connectivity index (χ0) is 21.0. The van der Waals surface area contributed by atoms with Crippen LogP contribution in [0.1, 0.15) is 60.5 Å². The summed E-state index contributed by atoms with van der Waals surface area (Å²) in [5, 5.41) is 0. The average Bonchev–Trinajstić information content (AvgIpc) is 2.79. The summed E-state index contributed by atoms with van der Waals surface area (Å²) >= 11 is 12.4. The largest absolute Gasteiger partial charge is 0.465 e. The molecule has 0 aromatic heterocycles. The minimum atomic E-state index is -0.402. The molecule has 0 aliphatic heterocycles. The summed E-state index contributed by atoms with van der Waals surface area (Å²) < 4.78 is 9.98. The molecule has 154 valence electrons. The van der Waals surface area contributed by atoms with E-state index in [9.17, 15) is 9.59 Å². The molecule has 2 aromatic rings. The van der Waals surface area contributed by atoms with Crippen LogP contribution >= 0.6 is 23.2 Å². The molecule has 4 aliphatic rings. The fourth-order valence-corrected chi connectivity index (χ4v) is 4.44. The number of methoxy groups -OCH3 is 2. The van der Waals surface area contributed by atoms with Crippen molar-refractivity contribution in [2.45, 2.75) is 43.9 Å². The number of carbonyl (C=O) groups excluding carboxylic acids is 2. The fourth-order valence-electron chi connectivity index (χ4n) is 3.95. The lowest BCUT2D eigenvalue weighted by Crippen LogP contribution is -2.13. The highest BCUT2D eigenvalue weighted by molar-refractivity contribution is 6.17. The van der Waals surface area contributed by atoms with Gasteiger partial charge in [0, 0.05) is 11.8 Å². The lowest BCUT2D eigenvalue weighted by atomic mass is 9.92. The number of rotatable bonds is 4. The Labute approximate surface area is 181 Å². The number of esters is 2. The van der Waals surface area contributed by atoms with Gasteiger partial charge in [-0.05, 0) is 77.6 Å². The van der Waals surface area contributed by atoms with Gasteiger partial charge in [0.1, 0.15) is 0 Å². The van der Waals surface area contributed by atoms with Crippen molar-refractivity contribution in [2.24, 2.45) is 0 Å².